The summed E-state index contributed by atoms with van der Waals surface area (Å²) >= 11 is 0. The van der Waals surface area contributed by atoms with Crippen LogP contribution in [0.4, 0.5) is 0 Å². The first-order valence-electron chi connectivity index (χ1n) is 7.41. The number of aromatic nitrogens is 4. The first-order chi connectivity index (χ1) is 9.88. The van der Waals surface area contributed by atoms with Crippen LogP contribution in [0.25, 0.3) is 5.69 Å². The maximum Gasteiger partial charge on any atom is 0.157 e. The fourth-order valence-electron chi connectivity index (χ4n) is 3.21. The summed E-state index contributed by atoms with van der Waals surface area (Å²) in [5, 5.41) is 12.1. The molecule has 1 aromatic heterocycles. The summed E-state index contributed by atoms with van der Waals surface area (Å²) < 4.78 is 1.83. The number of hydrogen-bond donors (Lipinski definition) is 1. The number of hydrogen-bond acceptors (Lipinski definition) is 4. The minimum absolute atomic E-state index is 0.492. The monoisotopic (exact) mass is 271 g/mol. The number of rotatable bonds is 5. The van der Waals surface area contributed by atoms with Gasteiger partial charge in [0.25, 0.3) is 0 Å². The lowest BCUT2D eigenvalue weighted by Gasteiger charge is -2.21. The van der Waals surface area contributed by atoms with Gasteiger partial charge in [-0.1, -0.05) is 43.9 Å². The van der Waals surface area contributed by atoms with Gasteiger partial charge in [0.1, 0.15) is 0 Å². The second kappa shape index (κ2) is 6.13. The van der Waals surface area contributed by atoms with Crippen molar-refractivity contribution in [1.82, 2.24) is 20.2 Å². The Morgan fingerprint density at radius 3 is 2.65 bits per heavy atom. The van der Waals surface area contributed by atoms with Crippen LogP contribution in [-0.2, 0) is 6.42 Å². The molecular weight excluding hydrogens is 250 g/mol. The van der Waals surface area contributed by atoms with Gasteiger partial charge in [0.05, 0.1) is 5.69 Å². The number of tetrazole rings is 1. The Morgan fingerprint density at radius 2 is 1.95 bits per heavy atom. The maximum absolute atomic E-state index is 5.98. The Kier molecular flexibility index (Phi) is 4.06. The van der Waals surface area contributed by atoms with Crippen molar-refractivity contribution in [3.63, 3.8) is 0 Å². The van der Waals surface area contributed by atoms with E-state index in [2.05, 4.69) is 15.5 Å². The van der Waals surface area contributed by atoms with E-state index in [1.165, 1.54) is 25.7 Å². The lowest BCUT2D eigenvalue weighted by Crippen LogP contribution is -2.25. The topological polar surface area (TPSA) is 69.6 Å². The van der Waals surface area contributed by atoms with Gasteiger partial charge in [-0.25, -0.2) is 0 Å². The van der Waals surface area contributed by atoms with Crippen molar-refractivity contribution in [3.8, 4) is 5.69 Å². The van der Waals surface area contributed by atoms with Crippen LogP contribution in [0.15, 0.2) is 30.3 Å². The lowest BCUT2D eigenvalue weighted by molar-refractivity contribution is 0.337. The molecule has 5 nitrogen and oxygen atoms in total. The van der Waals surface area contributed by atoms with Crippen LogP contribution in [-0.4, -0.2) is 26.8 Å². The van der Waals surface area contributed by atoms with Gasteiger partial charge >= 0.3 is 0 Å². The molecule has 2 N–H and O–H groups in total. The third-order valence-corrected chi connectivity index (χ3v) is 4.35. The molecule has 20 heavy (non-hydrogen) atoms. The van der Waals surface area contributed by atoms with Crippen molar-refractivity contribution in [2.75, 3.05) is 6.54 Å². The highest BCUT2D eigenvalue weighted by Gasteiger charge is 2.26. The first-order valence-corrected chi connectivity index (χ1v) is 7.41. The van der Waals surface area contributed by atoms with Gasteiger partial charge in [-0.05, 0) is 40.9 Å². The van der Waals surface area contributed by atoms with Gasteiger partial charge in [-0.3, -0.25) is 0 Å². The molecule has 0 aliphatic heterocycles. The second-order valence-corrected chi connectivity index (χ2v) is 5.59. The molecule has 0 amide bonds. The second-order valence-electron chi connectivity index (χ2n) is 5.59. The van der Waals surface area contributed by atoms with E-state index in [0.717, 1.165) is 23.9 Å². The molecule has 1 fully saturated rings. The Hall–Kier alpha value is -1.75. The van der Waals surface area contributed by atoms with Gasteiger partial charge < -0.3 is 5.73 Å². The van der Waals surface area contributed by atoms with E-state index < -0.39 is 0 Å². The molecular formula is C15H21N5. The van der Waals surface area contributed by atoms with Crippen LogP contribution in [0.5, 0.6) is 0 Å². The average molecular weight is 271 g/mol. The molecule has 2 aromatic rings. The lowest BCUT2D eigenvalue weighted by atomic mass is 9.88. The van der Waals surface area contributed by atoms with E-state index in [-0.39, 0.29) is 0 Å². The van der Waals surface area contributed by atoms with Gasteiger partial charge in [0.15, 0.2) is 5.82 Å². The van der Waals surface area contributed by atoms with E-state index >= 15 is 0 Å². The zero-order valence-electron chi connectivity index (χ0n) is 11.7. The van der Waals surface area contributed by atoms with E-state index in [4.69, 9.17) is 5.73 Å². The van der Waals surface area contributed by atoms with Crippen molar-refractivity contribution in [2.24, 2.45) is 17.6 Å². The third-order valence-electron chi connectivity index (χ3n) is 4.35. The van der Waals surface area contributed by atoms with Gasteiger partial charge in [0, 0.05) is 6.42 Å². The van der Waals surface area contributed by atoms with Crippen LogP contribution in [0.2, 0.25) is 0 Å². The number of benzene rings is 1. The Labute approximate surface area is 119 Å². The zero-order valence-corrected chi connectivity index (χ0v) is 11.7. The minimum atomic E-state index is 0.492. The van der Waals surface area contributed by atoms with Crippen molar-refractivity contribution in [1.29, 1.82) is 0 Å². The first kappa shape index (κ1) is 13.2. The molecule has 1 aliphatic carbocycles. The number of nitrogens with two attached hydrogens (primary N) is 1. The predicted octanol–water partition coefficient (Wildman–Crippen LogP) is 1.97. The standard InChI is InChI=1S/C15H21N5/c16-11-13(12-6-4-5-7-12)10-15-17-18-19-20(15)14-8-2-1-3-9-14/h1-3,8-9,12-13H,4-7,10-11,16H2. The normalized spacial score (nSPS) is 17.4. The number of nitrogens with zero attached hydrogens (tertiary/aromatic N) is 4. The summed E-state index contributed by atoms with van der Waals surface area (Å²) in [5.74, 6) is 2.14. The zero-order chi connectivity index (χ0) is 13.8. The molecule has 0 radical (unpaired) electrons. The van der Waals surface area contributed by atoms with Gasteiger partial charge in [0.2, 0.25) is 0 Å². The summed E-state index contributed by atoms with van der Waals surface area (Å²) in [7, 11) is 0. The molecule has 1 heterocycles. The van der Waals surface area contributed by atoms with E-state index in [9.17, 15) is 0 Å². The summed E-state index contributed by atoms with van der Waals surface area (Å²) in [6.45, 7) is 0.715. The van der Waals surface area contributed by atoms with E-state index in [1.54, 1.807) is 0 Å². The van der Waals surface area contributed by atoms with Crippen molar-refractivity contribution in [2.45, 2.75) is 32.1 Å². The molecule has 0 saturated heterocycles. The van der Waals surface area contributed by atoms with Gasteiger partial charge in [-0.15, -0.1) is 5.10 Å². The molecule has 5 heteroatoms. The van der Waals surface area contributed by atoms with Crippen LogP contribution < -0.4 is 5.73 Å². The molecule has 3 rings (SSSR count). The van der Waals surface area contributed by atoms with Crippen LogP contribution in [0, 0.1) is 11.8 Å². The summed E-state index contributed by atoms with van der Waals surface area (Å²) in [6, 6.07) is 10.0. The maximum atomic E-state index is 5.98. The highest BCUT2D eigenvalue weighted by molar-refractivity contribution is 5.30. The Bertz CT molecular complexity index is 530. The molecule has 1 unspecified atom stereocenters. The molecule has 0 spiro atoms. The molecule has 1 saturated carbocycles. The molecule has 1 aliphatic rings. The van der Waals surface area contributed by atoms with E-state index in [0.29, 0.717) is 12.5 Å². The molecule has 106 valence electrons. The quantitative estimate of drug-likeness (QED) is 0.902. The van der Waals surface area contributed by atoms with Gasteiger partial charge in [-0.2, -0.15) is 4.68 Å². The SMILES string of the molecule is NCC(Cc1nnnn1-c1ccccc1)C1CCCC1. The van der Waals surface area contributed by atoms with Crippen LogP contribution >= 0.6 is 0 Å². The highest BCUT2D eigenvalue weighted by atomic mass is 15.5. The fraction of sp³-hybridized carbons (Fsp3) is 0.533. The van der Waals surface area contributed by atoms with E-state index in [1.807, 2.05) is 35.0 Å². The minimum Gasteiger partial charge on any atom is -0.330 e. The highest BCUT2D eigenvalue weighted by Crippen LogP contribution is 2.32. The van der Waals surface area contributed by atoms with Crippen molar-refractivity contribution >= 4 is 0 Å². The molecule has 0 bridgehead atoms. The largest absolute Gasteiger partial charge is 0.330 e. The Balaban J connectivity index is 1.79. The summed E-state index contributed by atoms with van der Waals surface area (Å²) in [4.78, 5) is 0. The molecule has 1 atom stereocenters. The number of para-hydroxylation sites is 1. The fourth-order valence-corrected chi connectivity index (χ4v) is 3.21. The van der Waals surface area contributed by atoms with Crippen LogP contribution in [0.3, 0.4) is 0 Å². The third kappa shape index (κ3) is 2.72. The summed E-state index contributed by atoms with van der Waals surface area (Å²) in [6.07, 6.45) is 6.14. The smallest absolute Gasteiger partial charge is 0.157 e. The summed E-state index contributed by atoms with van der Waals surface area (Å²) in [5.41, 5.74) is 6.99. The van der Waals surface area contributed by atoms with Crippen molar-refractivity contribution < 1.29 is 0 Å². The predicted molar refractivity (Wildman–Crippen MR) is 77.4 cm³/mol. The molecule has 1 aromatic carbocycles. The Morgan fingerprint density at radius 1 is 1.20 bits per heavy atom. The van der Waals surface area contributed by atoms with Crippen LogP contribution in [0.1, 0.15) is 31.5 Å². The average Bonchev–Trinajstić information content (AvgIpc) is 3.17. The van der Waals surface area contributed by atoms with Crippen molar-refractivity contribution in [3.05, 3.63) is 36.2 Å².